The van der Waals surface area contributed by atoms with Crippen molar-refractivity contribution in [3.63, 3.8) is 0 Å². The SMILES string of the molecule is CC(=O)c1nn(CC(=O)N2CCOC[C@@H]2C(=O)Nc2cccc(C)n2)c2ccc(-c3cnc(C)nc3)cc12. The summed E-state index contributed by atoms with van der Waals surface area (Å²) in [6.07, 6.45) is 3.45. The maximum absolute atomic E-state index is 13.4. The molecule has 1 N–H and O–H groups in total. The fourth-order valence-corrected chi connectivity index (χ4v) is 4.44. The lowest BCUT2D eigenvalue weighted by molar-refractivity contribution is -0.146. The molecule has 11 nitrogen and oxygen atoms in total. The Morgan fingerprint density at radius 1 is 1.08 bits per heavy atom. The Kier molecular flexibility index (Phi) is 6.93. The highest BCUT2D eigenvalue weighted by atomic mass is 16.5. The van der Waals surface area contributed by atoms with Gasteiger partial charge in [-0.15, -0.1) is 0 Å². The van der Waals surface area contributed by atoms with Crippen molar-refractivity contribution in [3.05, 3.63) is 66.0 Å². The van der Waals surface area contributed by atoms with Gasteiger partial charge in [0.15, 0.2) is 5.78 Å². The molecule has 194 valence electrons. The summed E-state index contributed by atoms with van der Waals surface area (Å²) >= 11 is 0. The molecule has 3 aromatic heterocycles. The van der Waals surface area contributed by atoms with Gasteiger partial charge in [0, 0.05) is 42.5 Å². The largest absolute Gasteiger partial charge is 0.377 e. The van der Waals surface area contributed by atoms with Gasteiger partial charge in [0.2, 0.25) is 5.91 Å². The zero-order valence-corrected chi connectivity index (χ0v) is 21.3. The van der Waals surface area contributed by atoms with E-state index in [1.807, 2.05) is 38.1 Å². The molecule has 4 heterocycles. The number of ketones is 1. The fourth-order valence-electron chi connectivity index (χ4n) is 4.44. The molecule has 0 radical (unpaired) electrons. The first-order valence-corrected chi connectivity index (χ1v) is 12.2. The number of carbonyl (C=O) groups excluding carboxylic acids is 3. The number of carbonyl (C=O) groups is 3. The van der Waals surface area contributed by atoms with Crippen LogP contribution >= 0.6 is 0 Å². The maximum atomic E-state index is 13.4. The molecule has 5 rings (SSSR count). The van der Waals surface area contributed by atoms with Crippen LogP contribution in [0.4, 0.5) is 5.82 Å². The molecule has 1 saturated heterocycles. The average Bonchev–Trinajstić information content (AvgIpc) is 3.27. The predicted octanol–water partition coefficient (Wildman–Crippen LogP) is 2.57. The van der Waals surface area contributed by atoms with Crippen LogP contribution in [0, 0.1) is 13.8 Å². The molecule has 4 aromatic rings. The second kappa shape index (κ2) is 10.5. The Bertz CT molecular complexity index is 1530. The monoisotopic (exact) mass is 513 g/mol. The summed E-state index contributed by atoms with van der Waals surface area (Å²) in [5.74, 6) is 0.174. The summed E-state index contributed by atoms with van der Waals surface area (Å²) in [7, 11) is 0. The van der Waals surface area contributed by atoms with E-state index in [1.54, 1.807) is 24.5 Å². The molecule has 1 aromatic carbocycles. The number of aromatic nitrogens is 5. The van der Waals surface area contributed by atoms with Crippen LogP contribution in [-0.4, -0.2) is 73.0 Å². The van der Waals surface area contributed by atoms with E-state index in [2.05, 4.69) is 25.4 Å². The average molecular weight is 514 g/mol. The van der Waals surface area contributed by atoms with Crippen molar-refractivity contribution in [2.45, 2.75) is 33.4 Å². The van der Waals surface area contributed by atoms with Gasteiger partial charge in [-0.2, -0.15) is 5.10 Å². The zero-order chi connectivity index (χ0) is 26.8. The number of benzene rings is 1. The lowest BCUT2D eigenvalue weighted by Gasteiger charge is -2.34. The number of hydrogen-bond acceptors (Lipinski definition) is 8. The lowest BCUT2D eigenvalue weighted by atomic mass is 10.0. The summed E-state index contributed by atoms with van der Waals surface area (Å²) in [5, 5.41) is 7.87. The molecule has 1 atom stereocenters. The summed E-state index contributed by atoms with van der Waals surface area (Å²) in [4.78, 5) is 53.2. The number of rotatable bonds is 6. The van der Waals surface area contributed by atoms with E-state index in [0.717, 1.165) is 16.8 Å². The molecular weight excluding hydrogens is 486 g/mol. The standard InChI is InChI=1S/C27H27N7O4/c1-16-5-4-6-24(30-16)31-27(37)23-15-38-10-9-33(23)25(36)14-34-22-8-7-19(20-12-28-18(3)29-13-20)11-21(22)26(32-34)17(2)35/h4-8,11-13,23H,9-10,14-15H2,1-3H3,(H,30,31,37)/t23-/m1/s1. The maximum Gasteiger partial charge on any atom is 0.250 e. The number of Topliss-reactive ketones (excluding diaryl/α,β-unsaturated/α-hetero) is 1. The number of fused-ring (bicyclic) bond motifs is 1. The number of anilines is 1. The number of amides is 2. The highest BCUT2D eigenvalue weighted by molar-refractivity contribution is 6.06. The Hall–Kier alpha value is -4.51. The number of pyridine rings is 1. The smallest absolute Gasteiger partial charge is 0.250 e. The molecular formula is C27H27N7O4. The first-order chi connectivity index (χ1) is 18.3. The van der Waals surface area contributed by atoms with Gasteiger partial charge in [-0.1, -0.05) is 12.1 Å². The third-order valence-corrected chi connectivity index (χ3v) is 6.37. The van der Waals surface area contributed by atoms with Crippen LogP contribution in [0.5, 0.6) is 0 Å². The van der Waals surface area contributed by atoms with Gasteiger partial charge in [0.05, 0.1) is 18.7 Å². The van der Waals surface area contributed by atoms with Crippen molar-refractivity contribution in [1.29, 1.82) is 0 Å². The van der Waals surface area contributed by atoms with Crippen molar-refractivity contribution in [2.24, 2.45) is 0 Å². The van der Waals surface area contributed by atoms with Crippen LogP contribution < -0.4 is 5.32 Å². The Labute approximate surface area is 218 Å². The molecule has 1 aliphatic rings. The quantitative estimate of drug-likeness (QED) is 0.389. The summed E-state index contributed by atoms with van der Waals surface area (Å²) in [6.45, 7) is 5.60. The normalized spacial score (nSPS) is 15.4. The van der Waals surface area contributed by atoms with Crippen LogP contribution in [0.15, 0.2) is 48.8 Å². The molecule has 0 spiro atoms. The molecule has 2 amide bonds. The van der Waals surface area contributed by atoms with E-state index in [1.165, 1.54) is 16.5 Å². The van der Waals surface area contributed by atoms with Crippen LogP contribution in [0.1, 0.15) is 28.9 Å². The molecule has 1 fully saturated rings. The number of nitrogens with zero attached hydrogens (tertiary/aromatic N) is 6. The first-order valence-electron chi connectivity index (χ1n) is 12.2. The van der Waals surface area contributed by atoms with E-state index >= 15 is 0 Å². The Morgan fingerprint density at radius 3 is 2.61 bits per heavy atom. The van der Waals surface area contributed by atoms with Gasteiger partial charge in [0.1, 0.15) is 29.9 Å². The molecule has 1 aliphatic heterocycles. The van der Waals surface area contributed by atoms with E-state index < -0.39 is 6.04 Å². The van der Waals surface area contributed by atoms with Gasteiger partial charge >= 0.3 is 0 Å². The number of hydrogen-bond donors (Lipinski definition) is 1. The van der Waals surface area contributed by atoms with E-state index in [4.69, 9.17) is 4.74 Å². The summed E-state index contributed by atoms with van der Waals surface area (Å²) in [6, 6.07) is 10.1. The fraction of sp³-hybridized carbons (Fsp3) is 0.296. The number of nitrogens with one attached hydrogen (secondary N) is 1. The Morgan fingerprint density at radius 2 is 1.87 bits per heavy atom. The second-order valence-corrected chi connectivity index (χ2v) is 9.14. The van der Waals surface area contributed by atoms with Crippen molar-refractivity contribution in [1.82, 2.24) is 29.6 Å². The zero-order valence-electron chi connectivity index (χ0n) is 21.3. The van der Waals surface area contributed by atoms with E-state index in [9.17, 15) is 14.4 Å². The molecule has 0 unspecified atom stereocenters. The third kappa shape index (κ3) is 5.14. The van der Waals surface area contributed by atoms with Gasteiger partial charge in [-0.05, 0) is 43.7 Å². The predicted molar refractivity (Wildman–Crippen MR) is 139 cm³/mol. The Balaban J connectivity index is 1.40. The number of morpholine rings is 1. The van der Waals surface area contributed by atoms with Gasteiger partial charge in [-0.3, -0.25) is 19.1 Å². The van der Waals surface area contributed by atoms with E-state index in [-0.39, 0.29) is 43.0 Å². The summed E-state index contributed by atoms with van der Waals surface area (Å²) in [5.41, 5.74) is 3.31. The minimum absolute atomic E-state index is 0.0733. The number of ether oxygens (including phenoxy) is 1. The van der Waals surface area contributed by atoms with Crippen molar-refractivity contribution < 1.29 is 19.1 Å². The van der Waals surface area contributed by atoms with Crippen molar-refractivity contribution >= 4 is 34.3 Å². The van der Waals surface area contributed by atoms with Crippen LogP contribution in [0.3, 0.4) is 0 Å². The van der Waals surface area contributed by atoms with Gasteiger partial charge < -0.3 is 15.0 Å². The van der Waals surface area contributed by atoms with Crippen LogP contribution in [-0.2, 0) is 20.9 Å². The van der Waals surface area contributed by atoms with Gasteiger partial charge in [-0.25, -0.2) is 15.0 Å². The number of aryl methyl sites for hydroxylation is 2. The first kappa shape index (κ1) is 25.2. The minimum atomic E-state index is -0.819. The topological polar surface area (TPSA) is 132 Å². The lowest BCUT2D eigenvalue weighted by Crippen LogP contribution is -2.55. The molecule has 0 bridgehead atoms. The highest BCUT2D eigenvalue weighted by Gasteiger charge is 2.33. The third-order valence-electron chi connectivity index (χ3n) is 6.37. The molecule has 38 heavy (non-hydrogen) atoms. The highest BCUT2D eigenvalue weighted by Crippen LogP contribution is 2.27. The summed E-state index contributed by atoms with van der Waals surface area (Å²) < 4.78 is 7.02. The minimum Gasteiger partial charge on any atom is -0.377 e. The van der Waals surface area contributed by atoms with Crippen molar-refractivity contribution in [2.75, 3.05) is 25.1 Å². The van der Waals surface area contributed by atoms with Crippen LogP contribution in [0.25, 0.3) is 22.0 Å². The molecule has 0 aliphatic carbocycles. The molecule has 11 heteroatoms. The molecule has 0 saturated carbocycles. The second-order valence-electron chi connectivity index (χ2n) is 9.14. The van der Waals surface area contributed by atoms with Crippen molar-refractivity contribution in [3.8, 4) is 11.1 Å². The van der Waals surface area contributed by atoms with Crippen LogP contribution in [0.2, 0.25) is 0 Å². The van der Waals surface area contributed by atoms with E-state index in [0.29, 0.717) is 29.2 Å². The van der Waals surface area contributed by atoms with Gasteiger partial charge in [0.25, 0.3) is 5.91 Å².